The van der Waals surface area contributed by atoms with Crippen LogP contribution in [0.3, 0.4) is 0 Å². The Bertz CT molecular complexity index is 1620. The first-order chi connectivity index (χ1) is 17.4. The van der Waals surface area contributed by atoms with Gasteiger partial charge in [-0.25, -0.2) is 4.98 Å². The lowest BCUT2D eigenvalue weighted by atomic mass is 9.86. The Labute approximate surface area is 207 Å². The predicted molar refractivity (Wildman–Crippen MR) is 140 cm³/mol. The van der Waals surface area contributed by atoms with E-state index < -0.39 is 5.41 Å². The average Bonchev–Trinajstić information content (AvgIpc) is 3.53. The van der Waals surface area contributed by atoms with Crippen molar-refractivity contribution in [3.05, 3.63) is 77.9 Å². The van der Waals surface area contributed by atoms with Crippen molar-refractivity contribution in [1.29, 1.82) is 0 Å². The molecular formula is C28H26N6O2. The fourth-order valence-corrected chi connectivity index (χ4v) is 4.96. The fourth-order valence-electron chi connectivity index (χ4n) is 4.96. The maximum atomic E-state index is 13.3. The zero-order valence-corrected chi connectivity index (χ0v) is 20.1. The van der Waals surface area contributed by atoms with E-state index in [9.17, 15) is 9.59 Å². The number of fused-ring (bicyclic) bond motifs is 3. The zero-order valence-electron chi connectivity index (χ0n) is 20.1. The topological polar surface area (TPSA) is 107 Å². The molecule has 0 unspecified atom stereocenters. The number of nitrogens with one attached hydrogen (secondary N) is 3. The molecule has 2 aromatic heterocycles. The monoisotopic (exact) mass is 478 g/mol. The molecule has 1 aliphatic rings. The van der Waals surface area contributed by atoms with E-state index >= 15 is 0 Å². The molecule has 36 heavy (non-hydrogen) atoms. The molecule has 3 N–H and O–H groups in total. The molecule has 0 fully saturated rings. The summed E-state index contributed by atoms with van der Waals surface area (Å²) in [4.78, 5) is 35.7. The van der Waals surface area contributed by atoms with Crippen molar-refractivity contribution >= 4 is 39.4 Å². The predicted octanol–water partition coefficient (Wildman–Crippen LogP) is 4.09. The van der Waals surface area contributed by atoms with E-state index in [0.717, 1.165) is 44.4 Å². The maximum absolute atomic E-state index is 13.3. The molecule has 0 atom stereocenters. The molecule has 5 aromatic rings. The minimum absolute atomic E-state index is 0.0148. The number of anilines is 1. The molecule has 0 saturated carbocycles. The van der Waals surface area contributed by atoms with Gasteiger partial charge in [-0.3, -0.25) is 14.7 Å². The fraction of sp³-hybridized carbons (Fsp3) is 0.214. The van der Waals surface area contributed by atoms with Crippen LogP contribution in [0.2, 0.25) is 0 Å². The lowest BCUT2D eigenvalue weighted by Gasteiger charge is -2.20. The van der Waals surface area contributed by atoms with Gasteiger partial charge in [-0.1, -0.05) is 48.5 Å². The minimum atomic E-state index is -0.679. The van der Waals surface area contributed by atoms with Gasteiger partial charge in [-0.05, 0) is 43.2 Å². The molecule has 1 aliphatic heterocycles. The summed E-state index contributed by atoms with van der Waals surface area (Å²) in [6.07, 6.45) is 0.315. The second-order valence-electron chi connectivity index (χ2n) is 9.68. The van der Waals surface area contributed by atoms with E-state index in [0.29, 0.717) is 25.3 Å². The second kappa shape index (κ2) is 8.34. The number of imidazole rings is 1. The molecule has 2 amide bonds. The van der Waals surface area contributed by atoms with Crippen LogP contribution in [-0.4, -0.2) is 45.1 Å². The Morgan fingerprint density at radius 1 is 1.03 bits per heavy atom. The SMILES string of the molecule is CC1(C)C(=O)N(CCNC(=O)Cc2ccccc2)c2cc3nc(-c4n[nH]c5ccccc45)[nH]c3cc21. The summed E-state index contributed by atoms with van der Waals surface area (Å²) in [6, 6.07) is 21.5. The summed E-state index contributed by atoms with van der Waals surface area (Å²) in [6.45, 7) is 4.64. The van der Waals surface area contributed by atoms with Crippen molar-refractivity contribution in [1.82, 2.24) is 25.5 Å². The number of benzene rings is 3. The number of carbonyl (C=O) groups excluding carboxylic acids is 2. The van der Waals surface area contributed by atoms with Crippen LogP contribution in [0.1, 0.15) is 25.0 Å². The molecular weight excluding hydrogens is 452 g/mol. The number of carbonyl (C=O) groups is 2. The Hall–Kier alpha value is -4.46. The molecule has 0 saturated heterocycles. The third-order valence-corrected chi connectivity index (χ3v) is 6.90. The van der Waals surface area contributed by atoms with Gasteiger partial charge in [0.05, 0.1) is 34.1 Å². The molecule has 3 aromatic carbocycles. The van der Waals surface area contributed by atoms with Gasteiger partial charge >= 0.3 is 0 Å². The average molecular weight is 479 g/mol. The molecule has 8 nitrogen and oxygen atoms in total. The first-order valence-corrected chi connectivity index (χ1v) is 12.0. The van der Waals surface area contributed by atoms with Crippen LogP contribution in [0.15, 0.2) is 66.7 Å². The highest BCUT2D eigenvalue weighted by Gasteiger charge is 2.44. The van der Waals surface area contributed by atoms with Gasteiger partial charge < -0.3 is 15.2 Å². The van der Waals surface area contributed by atoms with Crippen molar-refractivity contribution in [2.24, 2.45) is 0 Å². The number of aromatic nitrogens is 4. The highest BCUT2D eigenvalue weighted by atomic mass is 16.2. The Morgan fingerprint density at radius 3 is 2.64 bits per heavy atom. The molecule has 180 valence electrons. The van der Waals surface area contributed by atoms with E-state index in [2.05, 4.69) is 20.5 Å². The summed E-state index contributed by atoms with van der Waals surface area (Å²) in [7, 11) is 0. The van der Waals surface area contributed by atoms with Gasteiger partial charge in [-0.2, -0.15) is 5.10 Å². The van der Waals surface area contributed by atoms with Crippen LogP contribution >= 0.6 is 0 Å². The largest absolute Gasteiger partial charge is 0.354 e. The van der Waals surface area contributed by atoms with Crippen LogP contribution in [-0.2, 0) is 21.4 Å². The van der Waals surface area contributed by atoms with E-state index in [-0.39, 0.29) is 11.8 Å². The first kappa shape index (κ1) is 22.0. The van der Waals surface area contributed by atoms with Crippen LogP contribution in [0.4, 0.5) is 5.69 Å². The summed E-state index contributed by atoms with van der Waals surface area (Å²) >= 11 is 0. The van der Waals surface area contributed by atoms with Gasteiger partial charge in [0, 0.05) is 18.5 Å². The lowest BCUT2D eigenvalue weighted by Crippen LogP contribution is -2.41. The summed E-state index contributed by atoms with van der Waals surface area (Å²) in [5, 5.41) is 11.5. The second-order valence-corrected chi connectivity index (χ2v) is 9.68. The Balaban J connectivity index is 1.26. The highest BCUT2D eigenvalue weighted by molar-refractivity contribution is 6.09. The van der Waals surface area contributed by atoms with Crippen molar-refractivity contribution < 1.29 is 9.59 Å². The normalized spacial score (nSPS) is 14.5. The number of rotatable bonds is 6. The molecule has 0 radical (unpaired) electrons. The van der Waals surface area contributed by atoms with Crippen LogP contribution in [0.5, 0.6) is 0 Å². The Morgan fingerprint density at radius 2 is 1.81 bits per heavy atom. The van der Waals surface area contributed by atoms with Crippen LogP contribution in [0.25, 0.3) is 33.5 Å². The van der Waals surface area contributed by atoms with E-state index in [1.54, 1.807) is 4.90 Å². The zero-order chi connectivity index (χ0) is 24.9. The number of hydrogen-bond donors (Lipinski definition) is 3. The number of para-hydroxylation sites is 1. The summed E-state index contributed by atoms with van der Waals surface area (Å²) in [5.74, 6) is 0.627. The third-order valence-electron chi connectivity index (χ3n) is 6.90. The molecule has 3 heterocycles. The van der Waals surface area contributed by atoms with Gasteiger partial charge in [0.2, 0.25) is 11.8 Å². The van der Waals surface area contributed by atoms with Crippen molar-refractivity contribution in [2.45, 2.75) is 25.7 Å². The number of hydrogen-bond acceptors (Lipinski definition) is 4. The standard InChI is InChI=1S/C28H26N6O2/c1-28(2)19-15-21-22(31-26(30-21)25-18-10-6-7-11-20(18)32-33-25)16-23(19)34(27(28)36)13-12-29-24(35)14-17-8-4-3-5-9-17/h3-11,15-16H,12-14H2,1-2H3,(H,29,35)(H,30,31)(H,32,33). The van der Waals surface area contributed by atoms with E-state index in [4.69, 9.17) is 4.98 Å². The smallest absolute Gasteiger partial charge is 0.237 e. The van der Waals surface area contributed by atoms with Gasteiger partial charge in [0.25, 0.3) is 0 Å². The van der Waals surface area contributed by atoms with E-state index in [1.807, 2.05) is 80.6 Å². The number of H-pyrrole nitrogens is 2. The number of aromatic amines is 2. The van der Waals surface area contributed by atoms with Gasteiger partial charge in [0.15, 0.2) is 5.82 Å². The summed E-state index contributed by atoms with van der Waals surface area (Å²) in [5.41, 5.74) is 5.38. The molecule has 0 bridgehead atoms. The number of nitrogens with zero attached hydrogens (tertiary/aromatic N) is 3. The van der Waals surface area contributed by atoms with Gasteiger partial charge in [0.1, 0.15) is 5.69 Å². The van der Waals surface area contributed by atoms with E-state index in [1.165, 1.54) is 0 Å². The minimum Gasteiger partial charge on any atom is -0.354 e. The lowest BCUT2D eigenvalue weighted by molar-refractivity contribution is -0.123. The molecule has 0 spiro atoms. The Kier molecular flexibility index (Phi) is 5.10. The van der Waals surface area contributed by atoms with Gasteiger partial charge in [-0.15, -0.1) is 0 Å². The van der Waals surface area contributed by atoms with Crippen molar-refractivity contribution in [3.8, 4) is 11.5 Å². The number of amides is 2. The molecule has 8 heteroatoms. The van der Waals surface area contributed by atoms with Crippen molar-refractivity contribution in [3.63, 3.8) is 0 Å². The summed E-state index contributed by atoms with van der Waals surface area (Å²) < 4.78 is 0. The third kappa shape index (κ3) is 3.62. The van der Waals surface area contributed by atoms with Crippen LogP contribution < -0.4 is 10.2 Å². The maximum Gasteiger partial charge on any atom is 0.237 e. The van der Waals surface area contributed by atoms with Crippen molar-refractivity contribution in [2.75, 3.05) is 18.0 Å². The first-order valence-electron chi connectivity index (χ1n) is 12.0. The van der Waals surface area contributed by atoms with Crippen LogP contribution in [0, 0.1) is 0 Å². The highest BCUT2D eigenvalue weighted by Crippen LogP contribution is 2.43. The molecule has 0 aliphatic carbocycles. The molecule has 6 rings (SSSR count). The quantitative estimate of drug-likeness (QED) is 0.342.